The van der Waals surface area contributed by atoms with Crippen molar-refractivity contribution >= 4 is 34.9 Å². The van der Waals surface area contributed by atoms with Gasteiger partial charge < -0.3 is 25.0 Å². The van der Waals surface area contributed by atoms with Gasteiger partial charge in [0.05, 0.1) is 31.6 Å². The van der Waals surface area contributed by atoms with Crippen LogP contribution in [0.4, 0.5) is 20.6 Å². The largest absolute Gasteiger partial charge is 0.474 e. The van der Waals surface area contributed by atoms with E-state index in [1.807, 2.05) is 4.90 Å². The molecule has 2 fully saturated rings. The van der Waals surface area contributed by atoms with Gasteiger partial charge in [-0.2, -0.15) is 0 Å². The standard InChI is InChI=1S/C16H21FN4O3S/c1-23-15(25)19-9-12-10-21(16(22)24-12)11-2-3-14(13(17)8-11)20-6-4-18-5-7-20/h2-3,8,12,18H,4-7,9-10H2,1H3,(H,19,25). The molecule has 3 rings (SSSR count). The first-order valence-corrected chi connectivity index (χ1v) is 8.54. The third-order valence-corrected chi connectivity index (χ3v) is 4.55. The summed E-state index contributed by atoms with van der Waals surface area (Å²) in [5, 5.41) is 6.32. The Hall–Kier alpha value is -2.13. The molecule has 0 bridgehead atoms. The molecule has 1 unspecified atom stereocenters. The van der Waals surface area contributed by atoms with Gasteiger partial charge in [-0.05, 0) is 30.4 Å². The molecule has 9 heteroatoms. The SMILES string of the molecule is COC(=S)NCC1CN(c2ccc(N3CCNCC3)c(F)c2)C(=O)O1. The van der Waals surface area contributed by atoms with E-state index in [-0.39, 0.29) is 17.1 Å². The lowest BCUT2D eigenvalue weighted by molar-refractivity contribution is 0.142. The maximum absolute atomic E-state index is 14.5. The van der Waals surface area contributed by atoms with Crippen LogP contribution in [0.25, 0.3) is 0 Å². The van der Waals surface area contributed by atoms with Crippen LogP contribution in [0.1, 0.15) is 0 Å². The molecule has 0 saturated carbocycles. The summed E-state index contributed by atoms with van der Waals surface area (Å²) in [5.41, 5.74) is 1.04. The minimum absolute atomic E-state index is 0.237. The average molecular weight is 368 g/mol. The number of piperazine rings is 1. The Morgan fingerprint density at radius 3 is 2.92 bits per heavy atom. The van der Waals surface area contributed by atoms with Gasteiger partial charge in [-0.25, -0.2) is 9.18 Å². The Bertz CT molecular complexity index is 654. The van der Waals surface area contributed by atoms with Gasteiger partial charge in [0.15, 0.2) is 0 Å². The number of halogens is 1. The van der Waals surface area contributed by atoms with Crippen molar-refractivity contribution in [2.75, 3.05) is 56.2 Å². The third-order valence-electron chi connectivity index (χ3n) is 4.23. The smallest absolute Gasteiger partial charge is 0.414 e. The molecule has 2 aliphatic heterocycles. The van der Waals surface area contributed by atoms with Crippen LogP contribution < -0.4 is 20.4 Å². The number of nitrogens with zero attached hydrogens (tertiary/aromatic N) is 2. The fourth-order valence-electron chi connectivity index (χ4n) is 2.93. The predicted molar refractivity (Wildman–Crippen MR) is 96.7 cm³/mol. The van der Waals surface area contributed by atoms with E-state index in [0.29, 0.717) is 24.5 Å². The normalized spacial score (nSPS) is 20.4. The first kappa shape index (κ1) is 17.7. The number of anilines is 2. The van der Waals surface area contributed by atoms with Crippen molar-refractivity contribution in [3.05, 3.63) is 24.0 Å². The quantitative estimate of drug-likeness (QED) is 0.771. The van der Waals surface area contributed by atoms with Gasteiger partial charge >= 0.3 is 6.09 Å². The summed E-state index contributed by atoms with van der Waals surface area (Å²) in [5.74, 6) is -0.339. The van der Waals surface area contributed by atoms with Gasteiger partial charge in [-0.3, -0.25) is 4.90 Å². The fourth-order valence-corrected chi connectivity index (χ4v) is 3.02. The van der Waals surface area contributed by atoms with Crippen LogP contribution >= 0.6 is 12.2 Å². The van der Waals surface area contributed by atoms with E-state index in [2.05, 4.69) is 10.6 Å². The molecular weight excluding hydrogens is 347 g/mol. The molecule has 1 atom stereocenters. The van der Waals surface area contributed by atoms with Gasteiger partial charge in [-0.15, -0.1) is 0 Å². The van der Waals surface area contributed by atoms with E-state index in [1.165, 1.54) is 18.1 Å². The molecule has 25 heavy (non-hydrogen) atoms. The molecule has 0 aromatic heterocycles. The zero-order valence-corrected chi connectivity index (χ0v) is 14.8. The van der Waals surface area contributed by atoms with Crippen LogP contribution in [-0.4, -0.2) is 63.8 Å². The van der Waals surface area contributed by atoms with Gasteiger partial charge in [0.2, 0.25) is 0 Å². The number of hydrogen-bond acceptors (Lipinski definition) is 6. The molecular formula is C16H21FN4O3S. The van der Waals surface area contributed by atoms with Crippen molar-refractivity contribution in [1.82, 2.24) is 10.6 Å². The second kappa shape index (κ2) is 7.83. The summed E-state index contributed by atoms with van der Waals surface area (Å²) >= 11 is 4.89. The van der Waals surface area contributed by atoms with E-state index in [0.717, 1.165) is 26.2 Å². The van der Waals surface area contributed by atoms with E-state index in [4.69, 9.17) is 21.7 Å². The van der Waals surface area contributed by atoms with E-state index in [1.54, 1.807) is 12.1 Å². The minimum Gasteiger partial charge on any atom is -0.474 e. The molecule has 2 saturated heterocycles. The van der Waals surface area contributed by atoms with Crippen LogP contribution in [0.2, 0.25) is 0 Å². The lowest BCUT2D eigenvalue weighted by atomic mass is 10.2. The van der Waals surface area contributed by atoms with Gasteiger partial charge in [0.1, 0.15) is 11.9 Å². The lowest BCUT2D eigenvalue weighted by Crippen LogP contribution is -2.43. The van der Waals surface area contributed by atoms with Crippen molar-refractivity contribution in [3.63, 3.8) is 0 Å². The summed E-state index contributed by atoms with van der Waals surface area (Å²) in [7, 11) is 1.46. The Labute approximate surface area is 151 Å². The molecule has 2 heterocycles. The zero-order chi connectivity index (χ0) is 17.8. The number of thiocarbonyl (C=S) groups is 1. The maximum atomic E-state index is 14.5. The molecule has 2 N–H and O–H groups in total. The minimum atomic E-state index is -0.496. The lowest BCUT2D eigenvalue weighted by Gasteiger charge is -2.30. The molecule has 7 nitrogen and oxygen atoms in total. The summed E-state index contributed by atoms with van der Waals surface area (Å²) < 4.78 is 24.6. The fraction of sp³-hybridized carbons (Fsp3) is 0.500. The third kappa shape index (κ3) is 4.10. The van der Waals surface area contributed by atoms with Gasteiger partial charge in [-0.1, -0.05) is 0 Å². The van der Waals surface area contributed by atoms with E-state index in [9.17, 15) is 9.18 Å². The number of methoxy groups -OCH3 is 1. The molecule has 2 aliphatic rings. The average Bonchev–Trinajstić information content (AvgIpc) is 3.01. The monoisotopic (exact) mass is 368 g/mol. The van der Waals surface area contributed by atoms with Crippen molar-refractivity contribution in [3.8, 4) is 0 Å². The Morgan fingerprint density at radius 2 is 2.24 bits per heavy atom. The van der Waals surface area contributed by atoms with Crippen LogP contribution in [-0.2, 0) is 9.47 Å². The molecule has 0 radical (unpaired) electrons. The number of benzene rings is 1. The number of carbonyl (C=O) groups is 1. The summed E-state index contributed by atoms with van der Waals surface area (Å²) in [4.78, 5) is 15.5. The van der Waals surface area contributed by atoms with Crippen LogP contribution in [0.15, 0.2) is 18.2 Å². The van der Waals surface area contributed by atoms with Crippen LogP contribution in [0, 0.1) is 5.82 Å². The van der Waals surface area contributed by atoms with E-state index >= 15 is 0 Å². The highest BCUT2D eigenvalue weighted by Gasteiger charge is 2.33. The predicted octanol–water partition coefficient (Wildman–Crippen LogP) is 1.08. The first-order valence-electron chi connectivity index (χ1n) is 8.13. The Balaban J connectivity index is 1.66. The Kier molecular flexibility index (Phi) is 5.54. The molecule has 136 valence electrons. The highest BCUT2D eigenvalue weighted by atomic mass is 32.1. The second-order valence-electron chi connectivity index (χ2n) is 5.86. The number of carbonyl (C=O) groups excluding carboxylic acids is 1. The van der Waals surface area contributed by atoms with Crippen molar-refractivity contribution in [1.29, 1.82) is 0 Å². The maximum Gasteiger partial charge on any atom is 0.414 e. The van der Waals surface area contributed by atoms with Gasteiger partial charge in [0.25, 0.3) is 5.17 Å². The summed E-state index contributed by atoms with van der Waals surface area (Å²) in [6.07, 6.45) is -0.874. The highest BCUT2D eigenvalue weighted by Crippen LogP contribution is 2.28. The summed E-state index contributed by atoms with van der Waals surface area (Å²) in [6.45, 7) is 3.85. The zero-order valence-electron chi connectivity index (χ0n) is 14.0. The number of cyclic esters (lactones) is 1. The number of hydrogen-bond donors (Lipinski definition) is 2. The Morgan fingerprint density at radius 1 is 1.48 bits per heavy atom. The highest BCUT2D eigenvalue weighted by molar-refractivity contribution is 7.80. The summed E-state index contributed by atoms with van der Waals surface area (Å²) in [6, 6.07) is 4.85. The van der Waals surface area contributed by atoms with Crippen molar-refractivity contribution < 1.29 is 18.7 Å². The second-order valence-corrected chi connectivity index (χ2v) is 6.23. The van der Waals surface area contributed by atoms with Crippen LogP contribution in [0.5, 0.6) is 0 Å². The molecule has 0 spiro atoms. The first-order chi connectivity index (χ1) is 12.1. The number of rotatable bonds is 4. The molecule has 1 amide bonds. The van der Waals surface area contributed by atoms with Crippen molar-refractivity contribution in [2.45, 2.75) is 6.10 Å². The number of amides is 1. The molecule has 1 aromatic carbocycles. The van der Waals surface area contributed by atoms with Gasteiger partial charge in [0, 0.05) is 26.2 Å². The topological polar surface area (TPSA) is 66.1 Å². The number of nitrogens with one attached hydrogen (secondary N) is 2. The molecule has 0 aliphatic carbocycles. The van der Waals surface area contributed by atoms with E-state index < -0.39 is 6.09 Å². The van der Waals surface area contributed by atoms with Crippen LogP contribution in [0.3, 0.4) is 0 Å². The van der Waals surface area contributed by atoms with Crippen molar-refractivity contribution in [2.24, 2.45) is 0 Å². The molecule has 1 aromatic rings. The number of ether oxygens (including phenoxy) is 2.